The minimum atomic E-state index is -2.52. The van der Waals surface area contributed by atoms with E-state index in [1.54, 1.807) is 12.1 Å². The molecule has 41 heavy (non-hydrogen) atoms. The maximum atomic E-state index is 13.4. The van der Waals surface area contributed by atoms with Crippen molar-refractivity contribution in [3.8, 4) is 11.5 Å². The minimum Gasteiger partial charge on any atom is -0.504 e. The zero-order valence-electron chi connectivity index (χ0n) is 21.0. The van der Waals surface area contributed by atoms with Gasteiger partial charge in [0.05, 0.1) is 12.2 Å². The van der Waals surface area contributed by atoms with Crippen molar-refractivity contribution >= 4 is 22.5 Å². The van der Waals surface area contributed by atoms with E-state index in [9.17, 15) is 39.9 Å². The van der Waals surface area contributed by atoms with E-state index in [-0.39, 0.29) is 33.4 Å². The molecule has 2 aliphatic rings. The molecule has 0 unspecified atom stereocenters. The normalized spacial score (nSPS) is 25.6. The van der Waals surface area contributed by atoms with Crippen LogP contribution in [0.3, 0.4) is 0 Å². The Morgan fingerprint density at radius 3 is 2.27 bits per heavy atom. The predicted octanol–water partition coefficient (Wildman–Crippen LogP) is 0.911. The van der Waals surface area contributed by atoms with Crippen LogP contribution in [-0.4, -0.2) is 68.1 Å². The van der Waals surface area contributed by atoms with Gasteiger partial charge in [-0.1, -0.05) is 36.4 Å². The summed E-state index contributed by atoms with van der Waals surface area (Å²) in [5.74, 6) is -4.87. The lowest BCUT2D eigenvalue weighted by Gasteiger charge is -2.46. The predicted molar refractivity (Wildman–Crippen MR) is 137 cm³/mol. The van der Waals surface area contributed by atoms with E-state index >= 15 is 0 Å². The molecule has 0 saturated carbocycles. The third kappa shape index (κ3) is 4.13. The van der Waals surface area contributed by atoms with Crippen LogP contribution >= 0.6 is 0 Å². The Hall–Kier alpha value is -4.43. The molecule has 1 aliphatic heterocycles. The molecule has 2 heterocycles. The van der Waals surface area contributed by atoms with Crippen molar-refractivity contribution < 1.29 is 54.1 Å². The first kappa shape index (κ1) is 26.8. The Balaban J connectivity index is 1.48. The van der Waals surface area contributed by atoms with Crippen molar-refractivity contribution in [2.75, 3.05) is 6.61 Å². The zero-order chi connectivity index (χ0) is 29.1. The monoisotopic (exact) mass is 562 g/mol. The summed E-state index contributed by atoms with van der Waals surface area (Å²) in [6, 6.07) is 15.3. The number of aromatic hydroxyl groups is 1. The van der Waals surface area contributed by atoms with E-state index in [2.05, 4.69) is 0 Å². The molecule has 1 saturated heterocycles. The third-order valence-electron chi connectivity index (χ3n) is 7.25. The average Bonchev–Trinajstić information content (AvgIpc) is 2.98. The highest BCUT2D eigenvalue weighted by molar-refractivity contribution is 6.29. The Kier molecular flexibility index (Phi) is 6.46. The summed E-state index contributed by atoms with van der Waals surface area (Å²) in [5, 5.41) is 53.2. The summed E-state index contributed by atoms with van der Waals surface area (Å²) >= 11 is 0. The Labute approximate surface area is 230 Å². The number of phenolic OH excluding ortho intramolecular Hbond substituents is 1. The smallest absolute Gasteiger partial charge is 0.336 e. The zero-order valence-corrected chi connectivity index (χ0v) is 21.0. The fraction of sp³-hybridized carbons (Fsp3) is 0.207. The first-order valence-electron chi connectivity index (χ1n) is 12.4. The van der Waals surface area contributed by atoms with Gasteiger partial charge >= 0.3 is 5.63 Å². The number of benzene rings is 3. The number of carbonyl (C=O) groups excluding carboxylic acids is 2. The van der Waals surface area contributed by atoms with Crippen molar-refractivity contribution in [1.29, 1.82) is 0 Å². The highest BCUT2D eigenvalue weighted by Gasteiger charge is 2.57. The van der Waals surface area contributed by atoms with Crippen LogP contribution < -0.4 is 10.5 Å². The lowest BCUT2D eigenvalue weighted by Crippen LogP contribution is -2.64. The van der Waals surface area contributed by atoms with Gasteiger partial charge in [-0.25, -0.2) is 4.79 Å². The third-order valence-corrected chi connectivity index (χ3v) is 7.25. The number of carbonyl (C=O) groups is 2. The SMILES string of the molecule is O=C1c2ccccc2C(=O)c2c1ccc(O)c2OO[C@]1(c2ccc3ccc(=O)oc3c2)O[C@H](CO)[C@H](O)[C@H](O)[C@H]1O. The number of phenols is 1. The first-order valence-corrected chi connectivity index (χ1v) is 12.4. The van der Waals surface area contributed by atoms with Crippen molar-refractivity contribution in [1.82, 2.24) is 0 Å². The number of ketones is 2. The van der Waals surface area contributed by atoms with Crippen molar-refractivity contribution in [2.24, 2.45) is 0 Å². The molecule has 0 amide bonds. The summed E-state index contributed by atoms with van der Waals surface area (Å²) in [6.45, 7) is -0.825. The first-order chi connectivity index (χ1) is 19.7. The molecule has 12 heteroatoms. The lowest BCUT2D eigenvalue weighted by atomic mass is 9.83. The topological polar surface area (TPSA) is 193 Å². The van der Waals surface area contributed by atoms with Gasteiger partial charge in [0.2, 0.25) is 5.75 Å². The molecule has 0 bridgehead atoms. The second kappa shape index (κ2) is 9.89. The van der Waals surface area contributed by atoms with Crippen LogP contribution in [0.1, 0.15) is 37.4 Å². The van der Waals surface area contributed by atoms with Gasteiger partial charge in [0, 0.05) is 33.7 Å². The summed E-state index contributed by atoms with van der Waals surface area (Å²) in [7, 11) is 0. The molecular weight excluding hydrogens is 540 g/mol. The Bertz CT molecular complexity index is 1760. The van der Waals surface area contributed by atoms with Crippen LogP contribution in [0.15, 0.2) is 75.9 Å². The Morgan fingerprint density at radius 1 is 0.829 bits per heavy atom. The molecule has 5 N–H and O–H groups in total. The number of hydrogen-bond acceptors (Lipinski definition) is 12. The van der Waals surface area contributed by atoms with Gasteiger partial charge in [0.15, 0.2) is 17.3 Å². The average molecular weight is 562 g/mol. The maximum absolute atomic E-state index is 13.4. The van der Waals surface area contributed by atoms with Gasteiger partial charge in [-0.15, -0.1) is 4.89 Å². The number of aliphatic hydroxyl groups is 4. The molecule has 1 aromatic heterocycles. The second-order valence-corrected chi connectivity index (χ2v) is 9.65. The van der Waals surface area contributed by atoms with Crippen molar-refractivity contribution in [2.45, 2.75) is 30.2 Å². The summed E-state index contributed by atoms with van der Waals surface area (Å²) in [5.41, 5.74) is -0.920. The van der Waals surface area contributed by atoms with E-state index in [1.165, 1.54) is 48.5 Å². The molecule has 3 aromatic carbocycles. The van der Waals surface area contributed by atoms with E-state index in [1.807, 2.05) is 0 Å². The number of ether oxygens (including phenoxy) is 1. The fourth-order valence-corrected chi connectivity index (χ4v) is 5.11. The largest absolute Gasteiger partial charge is 0.504 e. The van der Waals surface area contributed by atoms with E-state index < -0.39 is 65.5 Å². The van der Waals surface area contributed by atoms with Crippen LogP contribution in [0.5, 0.6) is 11.5 Å². The highest BCUT2D eigenvalue weighted by Crippen LogP contribution is 2.44. The van der Waals surface area contributed by atoms with Crippen LogP contribution in [-0.2, 0) is 15.4 Å². The second-order valence-electron chi connectivity index (χ2n) is 9.65. The standard InChI is InChI=1S/C29H22O12/c30-12-20-25(35)26(36)28(37)29(39-20,14-7-5-13-6-10-21(32)38-19(13)11-14)41-40-27-18(31)9-8-17-22(27)24(34)16-4-2-1-3-15(16)23(17)33/h1-11,20,25-26,28,30-31,35-37H,12H2/t20-,25+,26+,28-,29+/m1/s1. The van der Waals surface area contributed by atoms with Gasteiger partial charge in [-0.3, -0.25) is 9.59 Å². The lowest BCUT2D eigenvalue weighted by molar-refractivity contribution is -0.455. The van der Waals surface area contributed by atoms with E-state index in [0.717, 1.165) is 6.07 Å². The minimum absolute atomic E-state index is 0.0345. The number of hydrogen-bond donors (Lipinski definition) is 5. The van der Waals surface area contributed by atoms with Gasteiger partial charge in [0.25, 0.3) is 5.79 Å². The fourth-order valence-electron chi connectivity index (χ4n) is 5.11. The molecule has 1 aliphatic carbocycles. The van der Waals surface area contributed by atoms with E-state index in [0.29, 0.717) is 5.39 Å². The van der Waals surface area contributed by atoms with Crippen LogP contribution in [0.4, 0.5) is 0 Å². The molecule has 1 fully saturated rings. The summed E-state index contributed by atoms with van der Waals surface area (Å²) < 4.78 is 11.0. The quantitative estimate of drug-likeness (QED) is 0.116. The van der Waals surface area contributed by atoms with Gasteiger partial charge in [-0.2, -0.15) is 0 Å². The maximum Gasteiger partial charge on any atom is 0.336 e. The molecule has 12 nitrogen and oxygen atoms in total. The number of rotatable bonds is 5. The molecule has 5 atom stereocenters. The highest BCUT2D eigenvalue weighted by atomic mass is 17.2. The molecule has 0 radical (unpaired) electrons. The Morgan fingerprint density at radius 2 is 1.54 bits per heavy atom. The van der Waals surface area contributed by atoms with Crippen molar-refractivity contribution in [3.05, 3.63) is 105 Å². The van der Waals surface area contributed by atoms with Gasteiger partial charge in [0.1, 0.15) is 30.0 Å². The number of fused-ring (bicyclic) bond motifs is 3. The van der Waals surface area contributed by atoms with Crippen LogP contribution in [0.2, 0.25) is 0 Å². The molecule has 4 aromatic rings. The molecular formula is C29H22O12. The summed E-state index contributed by atoms with van der Waals surface area (Å²) in [4.78, 5) is 49.5. The van der Waals surface area contributed by atoms with Crippen molar-refractivity contribution in [3.63, 3.8) is 0 Å². The summed E-state index contributed by atoms with van der Waals surface area (Å²) in [6.07, 6.45) is -7.30. The molecule has 210 valence electrons. The van der Waals surface area contributed by atoms with E-state index in [4.69, 9.17) is 18.9 Å². The van der Waals surface area contributed by atoms with Crippen LogP contribution in [0.25, 0.3) is 11.0 Å². The van der Waals surface area contributed by atoms with Gasteiger partial charge in [-0.05, 0) is 24.3 Å². The van der Waals surface area contributed by atoms with Crippen LogP contribution in [0, 0.1) is 0 Å². The number of aliphatic hydroxyl groups excluding tert-OH is 4. The molecule has 0 spiro atoms. The van der Waals surface area contributed by atoms with Gasteiger partial charge < -0.3 is 39.6 Å². The molecule has 6 rings (SSSR count).